The van der Waals surface area contributed by atoms with Crippen LogP contribution in [-0.2, 0) is 76.2 Å². The summed E-state index contributed by atoms with van der Waals surface area (Å²) in [6.07, 6.45) is 0. The van der Waals surface area contributed by atoms with Crippen LogP contribution in [0.4, 0.5) is 0 Å². The van der Waals surface area contributed by atoms with Crippen molar-refractivity contribution in [3.05, 3.63) is 277 Å². The molecule has 10 aromatic carbocycles. The summed E-state index contributed by atoms with van der Waals surface area (Å²) in [5.74, 6) is 1.23. The van der Waals surface area contributed by atoms with Gasteiger partial charge in [0.1, 0.15) is 24.7 Å². The van der Waals surface area contributed by atoms with Gasteiger partial charge in [-0.3, -0.25) is 31.1 Å². The van der Waals surface area contributed by atoms with Gasteiger partial charge in [0.25, 0.3) is 40.5 Å². The average Bonchev–Trinajstić information content (AvgIpc) is 0.788. The number of benzene rings is 10. The van der Waals surface area contributed by atoms with Crippen LogP contribution in [0, 0.1) is 27.7 Å². The van der Waals surface area contributed by atoms with Crippen LogP contribution in [0.15, 0.2) is 258 Å². The smallest absolute Gasteiger partial charge is 0.872 e. The molecular weight excluding hydrogens is 1630 g/mol. The molecule has 115 heavy (non-hydrogen) atoms. The molecule has 0 aliphatic heterocycles. The summed E-state index contributed by atoms with van der Waals surface area (Å²) in [4.78, 5) is 38.0. The van der Waals surface area contributed by atoms with E-state index in [0.717, 1.165) is 61.2 Å². The van der Waals surface area contributed by atoms with Crippen molar-refractivity contribution in [3.8, 4) is 17.2 Å². The Hall–Kier alpha value is -8.33. The Morgan fingerprint density at radius 2 is 0.557 bits per heavy atom. The van der Waals surface area contributed by atoms with E-state index in [9.17, 15) is 53.2 Å². The van der Waals surface area contributed by atoms with Crippen molar-refractivity contribution in [1.29, 1.82) is 0 Å². The van der Waals surface area contributed by atoms with Crippen molar-refractivity contribution in [2.45, 2.75) is 47.3 Å². The number of rotatable bonds is 32. The fourth-order valence-corrected chi connectivity index (χ4v) is 17.2. The first-order valence-corrected chi connectivity index (χ1v) is 43.5. The molecule has 602 valence electrons. The topological polar surface area (TPSA) is 344 Å². The summed E-state index contributed by atoms with van der Waals surface area (Å²) in [5, 5.41) is 31.5. The number of ether oxygens (including phenoxy) is 6. The number of fused-ring (bicyclic) bond motifs is 6. The van der Waals surface area contributed by atoms with E-state index >= 15 is 0 Å². The van der Waals surface area contributed by atoms with Crippen LogP contribution in [0.3, 0.4) is 0 Å². The SMILES string of the molecule is Cc1ccc(S(=O)(=O)OCCOCCOS(=O)(=O)c2ccc(C)cc2)cc1.Cc1ccc(S(=O)(=O)OCCOCCOS(=O)(=O)c2ccc(C)cc2)cc1.O=c1c2ccccc2sc2cc(OCCOCCOc3ccc4sc5ccccc5c(=O)c4c3)ccc12.O=c1c2ccccc2sc2ccc([O-])cc12.OCCOCCO.[Na+]. The van der Waals surface area contributed by atoms with Crippen LogP contribution in [-0.4, -0.2) is 150 Å². The van der Waals surface area contributed by atoms with Gasteiger partial charge in [-0.25, -0.2) is 0 Å². The van der Waals surface area contributed by atoms with Crippen LogP contribution < -0.4 is 60.4 Å². The number of aliphatic hydroxyl groups excluding tert-OH is 2. The summed E-state index contributed by atoms with van der Waals surface area (Å²) in [6.45, 7) is 8.89. The Bertz CT molecular complexity index is 5690. The molecule has 24 nitrogen and oxygen atoms in total. The maximum Gasteiger partial charge on any atom is 1.00 e. The molecule has 2 N–H and O–H groups in total. The molecule has 0 aliphatic carbocycles. The molecule has 0 saturated heterocycles. The van der Waals surface area contributed by atoms with Crippen molar-refractivity contribution in [2.75, 3.05) is 106 Å². The van der Waals surface area contributed by atoms with Crippen molar-refractivity contribution in [2.24, 2.45) is 0 Å². The van der Waals surface area contributed by atoms with Gasteiger partial charge in [-0.2, -0.15) is 33.7 Å². The third-order valence-electron chi connectivity index (χ3n) is 16.2. The number of hydrogen-bond donors (Lipinski definition) is 2. The van der Waals surface area contributed by atoms with E-state index in [1.807, 2.05) is 125 Å². The molecular formula is C83H83NaO24S7. The molecule has 32 heteroatoms. The molecule has 0 bridgehead atoms. The zero-order chi connectivity index (χ0) is 81.7. The molecule has 0 saturated carbocycles. The third kappa shape index (κ3) is 27.9. The minimum atomic E-state index is -3.84. The zero-order valence-corrected chi connectivity index (χ0v) is 71.1. The Labute approximate surface area is 700 Å². The van der Waals surface area contributed by atoms with E-state index in [1.54, 1.807) is 89.4 Å². The maximum atomic E-state index is 12.8. The van der Waals surface area contributed by atoms with Crippen LogP contribution >= 0.6 is 34.0 Å². The van der Waals surface area contributed by atoms with Gasteiger partial charge in [0.2, 0.25) is 0 Å². The molecule has 3 aromatic heterocycles. The number of hydrogen-bond acceptors (Lipinski definition) is 27. The number of aryl methyl sites for hydroxylation is 4. The summed E-state index contributed by atoms with van der Waals surface area (Å²) >= 11 is 4.72. The minimum Gasteiger partial charge on any atom is -0.872 e. The van der Waals surface area contributed by atoms with Crippen molar-refractivity contribution >= 4 is 135 Å². The van der Waals surface area contributed by atoms with Crippen molar-refractivity contribution in [3.63, 3.8) is 0 Å². The van der Waals surface area contributed by atoms with Gasteiger partial charge in [0, 0.05) is 60.5 Å². The normalized spacial score (nSPS) is 11.5. The number of aliphatic hydroxyl groups is 2. The first kappa shape index (κ1) is 92.2. The summed E-state index contributed by atoms with van der Waals surface area (Å²) in [5.41, 5.74) is 3.79. The van der Waals surface area contributed by atoms with Crippen LogP contribution in [0.2, 0.25) is 0 Å². The second kappa shape index (κ2) is 45.4. The predicted octanol–water partition coefficient (Wildman–Crippen LogP) is 9.96. The molecule has 0 spiro atoms. The molecule has 0 amide bonds. The Morgan fingerprint density at radius 3 is 0.913 bits per heavy atom. The molecule has 0 unspecified atom stereocenters. The minimum absolute atomic E-state index is 0. The average molecular weight is 1710 g/mol. The van der Waals surface area contributed by atoms with Gasteiger partial charge in [0.05, 0.1) is 112 Å². The van der Waals surface area contributed by atoms with Gasteiger partial charge < -0.3 is 43.7 Å². The molecule has 0 atom stereocenters. The fourth-order valence-electron chi connectivity index (χ4n) is 10.4. The quantitative estimate of drug-likeness (QED) is 0.0171. The zero-order valence-electron chi connectivity index (χ0n) is 63.4. The van der Waals surface area contributed by atoms with Gasteiger partial charge in [-0.1, -0.05) is 119 Å². The van der Waals surface area contributed by atoms with E-state index in [2.05, 4.69) is 4.74 Å². The van der Waals surface area contributed by atoms with Crippen molar-refractivity contribution < 1.29 is 124 Å². The summed E-state index contributed by atoms with van der Waals surface area (Å²) in [6, 6.07) is 63.7. The summed E-state index contributed by atoms with van der Waals surface area (Å²) < 4.78 is 153. The molecule has 0 radical (unpaired) electrons. The molecule has 13 aromatic rings. The standard InChI is InChI=1S/C30H22O5S2.2C18H22O7S2.C13H8O2S.C4H10O3.Na/c31-29-21-5-1-4-8-26(21)37-28-18-20(9-11-23(28)29)35-16-14-33-13-15-34-19-10-12-27-24(17-19)30(32)22-6-2-3-7-25(22)36-27;2*1-15-3-7-17(8-4-15)26(19,20)24-13-11-23-12-14-25-27(21,22)18-9-5-16(2)6-10-18;14-8-5-6-12-10(7-8)13(15)9-3-1-2-4-11(9)16-12;5-1-3-7-4-2-6;/h1-12,17-18H,13-16H2;2*3-10H,11-14H2,1-2H3;1-7,14H;5-6H,1-4H2;/q;;;;;+1/p-1. The second-order valence-corrected chi connectivity index (χ2v) is 34.4. The maximum absolute atomic E-state index is 12.8. The van der Waals surface area contributed by atoms with Gasteiger partial charge in [0.15, 0.2) is 16.3 Å². The van der Waals surface area contributed by atoms with E-state index in [1.165, 1.54) is 72.0 Å². The Kier molecular flexibility index (Phi) is 36.4. The van der Waals surface area contributed by atoms with Crippen LogP contribution in [0.5, 0.6) is 17.2 Å². The van der Waals surface area contributed by atoms with Crippen molar-refractivity contribution in [1.82, 2.24) is 0 Å². The van der Waals surface area contributed by atoms with Gasteiger partial charge in [-0.05, 0) is 155 Å². The van der Waals surface area contributed by atoms with E-state index in [0.29, 0.717) is 72.7 Å². The van der Waals surface area contributed by atoms with Gasteiger partial charge in [-0.15, -0.1) is 39.8 Å². The molecule has 3 heterocycles. The first-order valence-electron chi connectivity index (χ1n) is 35.4. The van der Waals surface area contributed by atoms with E-state index in [4.69, 9.17) is 50.6 Å². The monoisotopic (exact) mass is 1710 g/mol. The van der Waals surface area contributed by atoms with Gasteiger partial charge >= 0.3 is 29.6 Å². The molecule has 13 rings (SSSR count). The largest absolute Gasteiger partial charge is 1.00 e. The van der Waals surface area contributed by atoms with E-state index < -0.39 is 40.5 Å². The van der Waals surface area contributed by atoms with E-state index in [-0.39, 0.29) is 137 Å². The second-order valence-electron chi connectivity index (χ2n) is 24.7. The summed E-state index contributed by atoms with van der Waals surface area (Å²) in [7, 11) is -15.4. The Morgan fingerprint density at radius 1 is 0.287 bits per heavy atom. The van der Waals surface area contributed by atoms with Crippen LogP contribution in [0.25, 0.3) is 60.5 Å². The predicted molar refractivity (Wildman–Crippen MR) is 442 cm³/mol. The fraction of sp³-hybridized carbons (Fsp3) is 0.241. The molecule has 0 fully saturated rings. The first-order chi connectivity index (χ1) is 54.7. The third-order valence-corrected chi connectivity index (χ3v) is 25.0. The molecule has 0 aliphatic rings. The van der Waals surface area contributed by atoms with Crippen LogP contribution in [0.1, 0.15) is 22.3 Å². The Balaban J connectivity index is 0.000000191.